The van der Waals surface area contributed by atoms with E-state index < -0.39 is 5.97 Å². The van der Waals surface area contributed by atoms with Crippen LogP contribution in [0.1, 0.15) is 20.3 Å². The van der Waals surface area contributed by atoms with E-state index in [-0.39, 0.29) is 12.4 Å². The van der Waals surface area contributed by atoms with Crippen LogP contribution in [0.5, 0.6) is 0 Å². The van der Waals surface area contributed by atoms with E-state index in [2.05, 4.69) is 11.3 Å². The molecule has 0 radical (unpaired) electrons. The van der Waals surface area contributed by atoms with E-state index in [1.165, 1.54) is 6.92 Å². The Morgan fingerprint density at radius 3 is 2.00 bits per heavy atom. The lowest BCUT2D eigenvalue weighted by atomic mass is 10.5. The van der Waals surface area contributed by atoms with Gasteiger partial charge in [0.05, 0.1) is 0 Å². The minimum absolute atomic E-state index is 0.0810. The topological polar surface area (TPSA) is 66.8 Å². The summed E-state index contributed by atoms with van der Waals surface area (Å²) in [5.41, 5.74) is 0. The normalized spacial score (nSPS) is 8.00. The van der Waals surface area contributed by atoms with Crippen molar-refractivity contribution in [3.05, 3.63) is 12.3 Å². The van der Waals surface area contributed by atoms with Gasteiger partial charge in [0.25, 0.3) is 0 Å². The van der Waals surface area contributed by atoms with Crippen molar-refractivity contribution in [2.24, 2.45) is 0 Å². The molecule has 4 nitrogen and oxygen atoms in total. The maximum Gasteiger partial charge on any atom is 0.307 e. The summed E-state index contributed by atoms with van der Waals surface area (Å²) < 4.78 is 4.32. The summed E-state index contributed by atoms with van der Waals surface area (Å²) in [5, 5.41) is 16.1. The van der Waals surface area contributed by atoms with Crippen molar-refractivity contribution in [3.8, 4) is 0 Å². The predicted molar refractivity (Wildman–Crippen MR) is 45.4 cm³/mol. The predicted octanol–water partition coefficient (Wildman–Crippen LogP) is 0.444. The molecule has 0 saturated heterocycles. The molecule has 0 heterocycles. The Kier molecular flexibility index (Phi) is 11.6. The molecule has 0 saturated carbocycles. The number of hydrogen-bond acceptors (Lipinski definition) is 4. The molecule has 0 aromatic rings. The Bertz CT molecular complexity index is 129. The molecular formula is C8H16O4. The molecule has 0 bridgehead atoms. The number of ether oxygens (including phenoxy) is 1. The Balaban J connectivity index is 0. The highest BCUT2D eigenvalue weighted by Crippen LogP contribution is 1.89. The monoisotopic (exact) mass is 176 g/mol. The maximum atomic E-state index is 10.0. The second kappa shape index (κ2) is 10.1. The van der Waals surface area contributed by atoms with Crippen molar-refractivity contribution in [1.82, 2.24) is 0 Å². The number of esters is 1. The zero-order valence-corrected chi connectivity index (χ0v) is 7.54. The first-order valence-electron chi connectivity index (χ1n) is 3.66. The van der Waals surface area contributed by atoms with Crippen molar-refractivity contribution in [2.75, 3.05) is 13.2 Å². The standard InChI is InChI=1S/C5H8O3.C3H8O/c1-4(3-6)8-5(2)7;1-2-3-4/h6H,1,3H2,2H3;4H,2-3H2,1H3. The largest absolute Gasteiger partial charge is 0.429 e. The van der Waals surface area contributed by atoms with Gasteiger partial charge >= 0.3 is 5.97 Å². The molecule has 0 aromatic carbocycles. The lowest BCUT2D eigenvalue weighted by Crippen LogP contribution is -2.00. The first kappa shape index (κ1) is 13.7. The van der Waals surface area contributed by atoms with E-state index in [1.54, 1.807) is 0 Å². The van der Waals surface area contributed by atoms with Crippen LogP contribution in [0.4, 0.5) is 0 Å². The summed E-state index contributed by atoms with van der Waals surface area (Å²) in [5.74, 6) is -0.374. The van der Waals surface area contributed by atoms with E-state index in [0.29, 0.717) is 6.61 Å². The van der Waals surface area contributed by atoms with E-state index in [4.69, 9.17) is 10.2 Å². The Morgan fingerprint density at radius 1 is 1.50 bits per heavy atom. The van der Waals surface area contributed by atoms with Crippen molar-refractivity contribution >= 4 is 5.97 Å². The van der Waals surface area contributed by atoms with Crippen LogP contribution in [0.15, 0.2) is 12.3 Å². The fourth-order valence-corrected chi connectivity index (χ4v) is 0.236. The van der Waals surface area contributed by atoms with Crippen molar-refractivity contribution in [2.45, 2.75) is 20.3 Å². The molecule has 4 heteroatoms. The zero-order valence-electron chi connectivity index (χ0n) is 7.54. The van der Waals surface area contributed by atoms with Crippen LogP contribution >= 0.6 is 0 Å². The third-order valence-electron chi connectivity index (χ3n) is 0.688. The molecule has 0 fully saturated rings. The maximum absolute atomic E-state index is 10.0. The molecular weight excluding hydrogens is 160 g/mol. The van der Waals surface area contributed by atoms with Gasteiger partial charge in [0, 0.05) is 13.5 Å². The molecule has 0 rings (SSSR count). The first-order chi connectivity index (χ1) is 5.58. The molecule has 0 unspecified atom stereocenters. The highest BCUT2D eigenvalue weighted by Gasteiger charge is 1.93. The van der Waals surface area contributed by atoms with Gasteiger partial charge in [-0.2, -0.15) is 0 Å². The molecule has 0 aliphatic heterocycles. The fourth-order valence-electron chi connectivity index (χ4n) is 0.236. The van der Waals surface area contributed by atoms with Gasteiger partial charge in [-0.15, -0.1) is 0 Å². The van der Waals surface area contributed by atoms with Crippen LogP contribution in [0.2, 0.25) is 0 Å². The van der Waals surface area contributed by atoms with Crippen molar-refractivity contribution < 1.29 is 19.7 Å². The summed E-state index contributed by atoms with van der Waals surface area (Å²) in [6, 6.07) is 0. The van der Waals surface area contributed by atoms with E-state index in [1.807, 2.05) is 6.92 Å². The minimum atomic E-state index is -0.455. The minimum Gasteiger partial charge on any atom is -0.429 e. The number of aliphatic hydroxyl groups is 2. The molecule has 72 valence electrons. The van der Waals surface area contributed by atoms with Crippen LogP contribution < -0.4 is 0 Å². The van der Waals surface area contributed by atoms with E-state index in [0.717, 1.165) is 6.42 Å². The summed E-state index contributed by atoms with van der Waals surface area (Å²) in [6.45, 7) is 6.42. The number of rotatable bonds is 3. The fraction of sp³-hybridized carbons (Fsp3) is 0.625. The van der Waals surface area contributed by atoms with Crippen molar-refractivity contribution in [1.29, 1.82) is 0 Å². The van der Waals surface area contributed by atoms with Gasteiger partial charge in [-0.25, -0.2) is 0 Å². The molecule has 0 amide bonds. The van der Waals surface area contributed by atoms with Gasteiger partial charge in [-0.3, -0.25) is 4.79 Å². The average molecular weight is 176 g/mol. The summed E-state index contributed by atoms with van der Waals surface area (Å²) in [6.07, 6.45) is 0.875. The third kappa shape index (κ3) is 16.1. The zero-order chi connectivity index (χ0) is 9.98. The van der Waals surface area contributed by atoms with Crippen LogP contribution in [0.3, 0.4) is 0 Å². The second-order valence-corrected chi connectivity index (χ2v) is 2.01. The number of hydrogen-bond donors (Lipinski definition) is 2. The number of carbonyl (C=O) groups excluding carboxylic acids is 1. The highest BCUT2D eigenvalue weighted by molar-refractivity contribution is 5.67. The molecule has 0 aliphatic rings. The molecule has 12 heavy (non-hydrogen) atoms. The van der Waals surface area contributed by atoms with Gasteiger partial charge in [0.1, 0.15) is 12.4 Å². The second-order valence-electron chi connectivity index (χ2n) is 2.01. The van der Waals surface area contributed by atoms with Crippen LogP contribution in [0, 0.1) is 0 Å². The van der Waals surface area contributed by atoms with Gasteiger partial charge < -0.3 is 14.9 Å². The molecule has 0 spiro atoms. The average Bonchev–Trinajstić information content (AvgIpc) is 2.04. The Morgan fingerprint density at radius 2 is 1.92 bits per heavy atom. The number of aliphatic hydroxyl groups excluding tert-OH is 2. The van der Waals surface area contributed by atoms with Gasteiger partial charge in [0.15, 0.2) is 0 Å². The lowest BCUT2D eigenvalue weighted by molar-refractivity contribution is -0.137. The van der Waals surface area contributed by atoms with E-state index in [9.17, 15) is 4.79 Å². The summed E-state index contributed by atoms with van der Waals surface area (Å²) in [4.78, 5) is 10.0. The van der Waals surface area contributed by atoms with Crippen LogP contribution in [-0.2, 0) is 9.53 Å². The summed E-state index contributed by atoms with van der Waals surface area (Å²) >= 11 is 0. The number of carbonyl (C=O) groups is 1. The first-order valence-corrected chi connectivity index (χ1v) is 3.66. The van der Waals surface area contributed by atoms with Crippen LogP contribution in [0.25, 0.3) is 0 Å². The molecule has 0 atom stereocenters. The molecule has 0 aromatic heterocycles. The highest BCUT2D eigenvalue weighted by atomic mass is 16.5. The quantitative estimate of drug-likeness (QED) is 0.484. The van der Waals surface area contributed by atoms with Crippen LogP contribution in [-0.4, -0.2) is 29.4 Å². The third-order valence-corrected chi connectivity index (χ3v) is 0.688. The molecule has 2 N–H and O–H groups in total. The lowest BCUT2D eigenvalue weighted by Gasteiger charge is -1.97. The van der Waals surface area contributed by atoms with E-state index >= 15 is 0 Å². The Hall–Kier alpha value is -0.870. The smallest absolute Gasteiger partial charge is 0.307 e. The Labute approximate surface area is 72.5 Å². The van der Waals surface area contributed by atoms with Gasteiger partial charge in [-0.1, -0.05) is 13.5 Å². The van der Waals surface area contributed by atoms with Gasteiger partial charge in [0.2, 0.25) is 0 Å². The SMILES string of the molecule is C=C(CO)OC(C)=O.CCCO. The molecule has 0 aliphatic carbocycles. The van der Waals surface area contributed by atoms with Crippen molar-refractivity contribution in [3.63, 3.8) is 0 Å². The van der Waals surface area contributed by atoms with Gasteiger partial charge in [-0.05, 0) is 6.42 Å². The summed E-state index contributed by atoms with van der Waals surface area (Å²) in [7, 11) is 0.